The zero-order chi connectivity index (χ0) is 20.6. The lowest BCUT2D eigenvalue weighted by Gasteiger charge is -2.46. The molecule has 1 unspecified atom stereocenters. The topological polar surface area (TPSA) is 54.5 Å². The summed E-state index contributed by atoms with van der Waals surface area (Å²) in [5, 5.41) is 3.28. The summed E-state index contributed by atoms with van der Waals surface area (Å²) >= 11 is 1.50. The minimum absolute atomic E-state index is 0.0869. The zero-order valence-corrected chi connectivity index (χ0v) is 17.8. The van der Waals surface area contributed by atoms with Crippen molar-refractivity contribution in [3.63, 3.8) is 0 Å². The number of amides is 1. The molecule has 1 amide bonds. The van der Waals surface area contributed by atoms with Crippen molar-refractivity contribution in [1.29, 1.82) is 0 Å². The number of rotatable bonds is 3. The fraction of sp³-hybridized carbons (Fsp3) is 0.333. The highest BCUT2D eigenvalue weighted by Gasteiger charge is 2.43. The van der Waals surface area contributed by atoms with E-state index in [9.17, 15) is 4.79 Å². The number of hydrogen-bond acceptors (Lipinski definition) is 5. The van der Waals surface area contributed by atoms with Gasteiger partial charge >= 0.3 is 0 Å². The number of likely N-dealkylation sites (tertiary alicyclic amines) is 1. The highest BCUT2D eigenvalue weighted by Crippen LogP contribution is 2.44. The largest absolute Gasteiger partial charge is 0.487 e. The molecular formula is C24H25N3O2S. The number of nitrogens with zero attached hydrogens (tertiary/aromatic N) is 2. The monoisotopic (exact) mass is 419 g/mol. The van der Waals surface area contributed by atoms with E-state index in [0.717, 1.165) is 54.1 Å². The fourth-order valence-electron chi connectivity index (χ4n) is 4.51. The molecule has 1 N–H and O–H groups in total. The van der Waals surface area contributed by atoms with E-state index < -0.39 is 0 Å². The lowest BCUT2D eigenvalue weighted by Crippen LogP contribution is -2.51. The minimum atomic E-state index is -0.219. The van der Waals surface area contributed by atoms with Gasteiger partial charge in [0.2, 0.25) is 0 Å². The zero-order valence-electron chi connectivity index (χ0n) is 17.0. The summed E-state index contributed by atoms with van der Waals surface area (Å²) in [6.45, 7) is 2.01. The molecule has 3 heterocycles. The second kappa shape index (κ2) is 7.85. The molecule has 5 nitrogen and oxygen atoms in total. The Morgan fingerprint density at radius 1 is 1.13 bits per heavy atom. The highest BCUT2D eigenvalue weighted by molar-refractivity contribution is 7.13. The van der Waals surface area contributed by atoms with Gasteiger partial charge in [0.05, 0.1) is 16.4 Å². The number of ether oxygens (including phenoxy) is 1. The normalized spacial score (nSPS) is 20.4. The SMILES string of the molecule is CN1CCC2(CC1)CC(NC(=O)c1ncsc1-c1ccccc1)c1ccccc1O2. The minimum Gasteiger partial charge on any atom is -0.487 e. The van der Waals surface area contributed by atoms with E-state index in [1.165, 1.54) is 11.3 Å². The fourth-order valence-corrected chi connectivity index (χ4v) is 5.30. The second-order valence-electron chi connectivity index (χ2n) is 8.25. The molecule has 2 aliphatic rings. The second-order valence-corrected chi connectivity index (χ2v) is 9.11. The quantitative estimate of drug-likeness (QED) is 0.678. The Kier molecular flexibility index (Phi) is 5.05. The maximum atomic E-state index is 13.3. The average molecular weight is 420 g/mol. The van der Waals surface area contributed by atoms with Gasteiger partial charge in [-0.2, -0.15) is 0 Å². The van der Waals surface area contributed by atoms with Crippen LogP contribution < -0.4 is 10.1 Å². The van der Waals surface area contributed by atoms with E-state index in [-0.39, 0.29) is 17.6 Å². The van der Waals surface area contributed by atoms with Gasteiger partial charge in [-0.3, -0.25) is 4.79 Å². The number of hydrogen-bond donors (Lipinski definition) is 1. The Labute approximate surface area is 180 Å². The van der Waals surface area contributed by atoms with Crippen molar-refractivity contribution in [3.05, 3.63) is 71.4 Å². The van der Waals surface area contributed by atoms with Gasteiger partial charge in [-0.05, 0) is 31.5 Å². The molecule has 0 aliphatic carbocycles. The number of fused-ring (bicyclic) bond motifs is 1. The van der Waals surface area contributed by atoms with E-state index in [4.69, 9.17) is 4.74 Å². The van der Waals surface area contributed by atoms with E-state index in [2.05, 4.69) is 28.3 Å². The van der Waals surface area contributed by atoms with Crippen LogP contribution in [-0.4, -0.2) is 41.5 Å². The number of carbonyl (C=O) groups excluding carboxylic acids is 1. The average Bonchev–Trinajstić information content (AvgIpc) is 3.27. The number of aromatic nitrogens is 1. The van der Waals surface area contributed by atoms with Crippen LogP contribution in [-0.2, 0) is 0 Å². The van der Waals surface area contributed by atoms with Crippen molar-refractivity contribution in [3.8, 4) is 16.2 Å². The molecule has 0 radical (unpaired) electrons. The van der Waals surface area contributed by atoms with Gasteiger partial charge in [0.25, 0.3) is 5.91 Å². The van der Waals surface area contributed by atoms with Gasteiger partial charge in [-0.15, -0.1) is 11.3 Å². The molecule has 1 saturated heterocycles. The third-order valence-electron chi connectivity index (χ3n) is 6.22. The summed E-state index contributed by atoms with van der Waals surface area (Å²) in [4.78, 5) is 20.9. The predicted molar refractivity (Wildman–Crippen MR) is 119 cm³/mol. The third kappa shape index (κ3) is 3.61. The van der Waals surface area contributed by atoms with Crippen LogP contribution in [0.3, 0.4) is 0 Å². The number of benzene rings is 2. The summed E-state index contributed by atoms with van der Waals surface area (Å²) < 4.78 is 6.51. The van der Waals surface area contributed by atoms with E-state index in [1.807, 2.05) is 48.5 Å². The number of carbonyl (C=O) groups is 1. The molecule has 1 fully saturated rings. The first-order valence-corrected chi connectivity index (χ1v) is 11.3. The highest BCUT2D eigenvalue weighted by atomic mass is 32.1. The van der Waals surface area contributed by atoms with E-state index in [1.54, 1.807) is 5.51 Å². The van der Waals surface area contributed by atoms with Crippen LogP contribution in [0.4, 0.5) is 0 Å². The summed E-state index contributed by atoms with van der Waals surface area (Å²) in [6, 6.07) is 18.0. The van der Waals surface area contributed by atoms with Crippen molar-refractivity contribution in [2.75, 3.05) is 20.1 Å². The summed E-state index contributed by atoms with van der Waals surface area (Å²) in [5.74, 6) is 0.764. The van der Waals surface area contributed by atoms with Gasteiger partial charge in [0, 0.05) is 25.1 Å². The molecule has 2 aliphatic heterocycles. The van der Waals surface area contributed by atoms with Crippen molar-refractivity contribution < 1.29 is 9.53 Å². The smallest absolute Gasteiger partial charge is 0.271 e. The van der Waals surface area contributed by atoms with Crippen LogP contribution in [0.2, 0.25) is 0 Å². The summed E-state index contributed by atoms with van der Waals surface area (Å²) in [7, 11) is 2.15. The number of thiazole rings is 1. The van der Waals surface area contributed by atoms with Crippen LogP contribution in [0.15, 0.2) is 60.1 Å². The predicted octanol–water partition coefficient (Wildman–Crippen LogP) is 4.53. The Hall–Kier alpha value is -2.70. The van der Waals surface area contributed by atoms with E-state index >= 15 is 0 Å². The van der Waals surface area contributed by atoms with Gasteiger partial charge in [-0.1, -0.05) is 48.5 Å². The van der Waals surface area contributed by atoms with Crippen molar-refractivity contribution in [2.24, 2.45) is 0 Å². The molecule has 0 saturated carbocycles. The van der Waals surface area contributed by atoms with Crippen molar-refractivity contribution >= 4 is 17.2 Å². The maximum Gasteiger partial charge on any atom is 0.271 e. The molecule has 1 spiro atoms. The Morgan fingerprint density at radius 3 is 2.67 bits per heavy atom. The third-order valence-corrected chi connectivity index (χ3v) is 7.09. The Bertz CT molecular complexity index is 1040. The number of nitrogens with one attached hydrogen (secondary N) is 1. The molecule has 1 aromatic heterocycles. The van der Waals surface area contributed by atoms with Crippen molar-refractivity contribution in [2.45, 2.75) is 30.9 Å². The molecule has 6 heteroatoms. The molecular weight excluding hydrogens is 394 g/mol. The van der Waals surface area contributed by atoms with Crippen LogP contribution >= 0.6 is 11.3 Å². The van der Waals surface area contributed by atoms with Gasteiger partial charge in [0.15, 0.2) is 0 Å². The lowest BCUT2D eigenvalue weighted by atomic mass is 9.80. The maximum absolute atomic E-state index is 13.3. The molecule has 3 aromatic rings. The molecule has 5 rings (SSSR count). The Balaban J connectivity index is 1.43. The van der Waals surface area contributed by atoms with Crippen LogP contribution in [0.25, 0.3) is 10.4 Å². The van der Waals surface area contributed by atoms with Crippen LogP contribution in [0.1, 0.15) is 41.4 Å². The van der Waals surface area contributed by atoms with Crippen LogP contribution in [0, 0.1) is 0 Å². The Morgan fingerprint density at radius 2 is 1.87 bits per heavy atom. The number of para-hydroxylation sites is 1. The molecule has 30 heavy (non-hydrogen) atoms. The van der Waals surface area contributed by atoms with Crippen molar-refractivity contribution in [1.82, 2.24) is 15.2 Å². The van der Waals surface area contributed by atoms with Gasteiger partial charge < -0.3 is 15.0 Å². The van der Waals surface area contributed by atoms with Gasteiger partial charge in [-0.25, -0.2) is 4.98 Å². The first-order valence-electron chi connectivity index (χ1n) is 10.4. The molecule has 0 bridgehead atoms. The standard InChI is InChI=1S/C24H25N3O2S/c1-27-13-11-24(12-14-27)15-19(18-9-5-6-10-20(18)29-24)26-23(28)21-22(30-16-25-21)17-7-3-2-4-8-17/h2-10,16,19H,11-15H2,1H3,(H,26,28). The lowest BCUT2D eigenvalue weighted by molar-refractivity contribution is -0.0195. The number of piperidine rings is 1. The first-order chi connectivity index (χ1) is 14.6. The van der Waals surface area contributed by atoms with E-state index in [0.29, 0.717) is 5.69 Å². The van der Waals surface area contributed by atoms with Crippen LogP contribution in [0.5, 0.6) is 5.75 Å². The summed E-state index contributed by atoms with van der Waals surface area (Å²) in [6.07, 6.45) is 2.72. The first kappa shape index (κ1) is 19.3. The van der Waals surface area contributed by atoms with Gasteiger partial charge in [0.1, 0.15) is 17.0 Å². The molecule has 154 valence electrons. The molecule has 1 atom stereocenters. The molecule has 2 aromatic carbocycles. The summed E-state index contributed by atoms with van der Waals surface area (Å²) in [5.41, 5.74) is 4.08.